The lowest BCUT2D eigenvalue weighted by Gasteiger charge is -2.14. The molecule has 27 heavy (non-hydrogen) atoms. The second kappa shape index (κ2) is 7.58. The van der Waals surface area contributed by atoms with E-state index >= 15 is 0 Å². The average Bonchev–Trinajstić information content (AvgIpc) is 2.94. The number of halogens is 3. The van der Waals surface area contributed by atoms with Crippen molar-refractivity contribution in [2.45, 2.75) is 20.0 Å². The molecule has 1 N–H and O–H groups in total. The summed E-state index contributed by atoms with van der Waals surface area (Å²) in [4.78, 5) is 24.7. The van der Waals surface area contributed by atoms with Crippen molar-refractivity contribution in [1.82, 2.24) is 0 Å². The zero-order valence-corrected chi connectivity index (χ0v) is 15.8. The molecule has 0 saturated carbocycles. The van der Waals surface area contributed by atoms with Crippen LogP contribution >= 0.6 is 23.2 Å². The highest BCUT2D eigenvalue weighted by Crippen LogP contribution is 2.30. The number of carbonyl (C=O) groups excluding carboxylic acids is 2. The van der Waals surface area contributed by atoms with E-state index in [9.17, 15) is 14.0 Å². The first-order valence-corrected chi connectivity index (χ1v) is 8.68. The maximum atomic E-state index is 13.4. The number of fused-ring (bicyclic) bond motifs is 1. The highest BCUT2D eigenvalue weighted by Gasteiger charge is 2.25. The summed E-state index contributed by atoms with van der Waals surface area (Å²) in [6.45, 7) is 3.01. The molecule has 1 heterocycles. The van der Waals surface area contributed by atoms with E-state index in [2.05, 4.69) is 5.32 Å². The van der Waals surface area contributed by atoms with Crippen LogP contribution < -0.4 is 5.32 Å². The van der Waals surface area contributed by atoms with Gasteiger partial charge in [-0.3, -0.25) is 4.79 Å². The van der Waals surface area contributed by atoms with Gasteiger partial charge >= 0.3 is 5.97 Å². The molecule has 5 nitrogen and oxygen atoms in total. The van der Waals surface area contributed by atoms with Gasteiger partial charge in [-0.05, 0) is 44.2 Å². The van der Waals surface area contributed by atoms with Gasteiger partial charge in [0.25, 0.3) is 5.91 Å². The van der Waals surface area contributed by atoms with Crippen LogP contribution in [-0.2, 0) is 9.53 Å². The number of esters is 1. The molecule has 3 rings (SSSR count). The fourth-order valence-corrected chi connectivity index (χ4v) is 2.99. The molecule has 2 aromatic carbocycles. The molecule has 0 aliphatic rings. The van der Waals surface area contributed by atoms with E-state index in [0.717, 1.165) is 0 Å². The molecule has 3 aromatic rings. The number of nitrogens with one attached hydrogen (secondary N) is 1. The molecule has 0 fully saturated rings. The third-order valence-electron chi connectivity index (χ3n) is 3.95. The van der Waals surface area contributed by atoms with Gasteiger partial charge < -0.3 is 14.5 Å². The predicted molar refractivity (Wildman–Crippen MR) is 101 cm³/mol. The molecule has 0 unspecified atom stereocenters. The fraction of sp³-hybridized carbons (Fsp3) is 0.158. The minimum Gasteiger partial charge on any atom is -0.449 e. The SMILES string of the molecule is Cc1c(C(=O)O[C@H](C)C(=O)Nc2c(Cl)cccc2Cl)oc2ccc(F)cc12. The summed E-state index contributed by atoms with van der Waals surface area (Å²) in [5.41, 5.74) is 1.00. The number of hydrogen-bond donors (Lipinski definition) is 1. The van der Waals surface area contributed by atoms with Crippen LogP contribution in [0.3, 0.4) is 0 Å². The minimum absolute atomic E-state index is 0.0916. The molecule has 0 bridgehead atoms. The smallest absolute Gasteiger partial charge is 0.375 e. The lowest BCUT2D eigenvalue weighted by molar-refractivity contribution is -0.123. The van der Waals surface area contributed by atoms with Crippen molar-refractivity contribution in [2.24, 2.45) is 0 Å². The zero-order valence-electron chi connectivity index (χ0n) is 14.3. The topological polar surface area (TPSA) is 68.5 Å². The predicted octanol–water partition coefficient (Wildman–Crippen LogP) is 5.37. The zero-order chi connectivity index (χ0) is 19.7. The Morgan fingerprint density at radius 2 is 1.85 bits per heavy atom. The second-order valence-electron chi connectivity index (χ2n) is 5.83. The first-order chi connectivity index (χ1) is 12.8. The number of hydrogen-bond acceptors (Lipinski definition) is 4. The number of rotatable bonds is 4. The van der Waals surface area contributed by atoms with E-state index < -0.39 is 23.8 Å². The van der Waals surface area contributed by atoms with Crippen molar-refractivity contribution in [3.8, 4) is 0 Å². The fourth-order valence-electron chi connectivity index (χ4n) is 2.50. The molecule has 0 aliphatic heterocycles. The van der Waals surface area contributed by atoms with Crippen LogP contribution in [0.2, 0.25) is 10.0 Å². The van der Waals surface area contributed by atoms with Gasteiger partial charge in [0, 0.05) is 10.9 Å². The number of aryl methyl sites for hydroxylation is 1. The van der Waals surface area contributed by atoms with E-state index in [1.165, 1.54) is 25.1 Å². The molecule has 0 spiro atoms. The van der Waals surface area contributed by atoms with Gasteiger partial charge in [-0.25, -0.2) is 9.18 Å². The molecule has 1 aromatic heterocycles. The summed E-state index contributed by atoms with van der Waals surface area (Å²) in [7, 11) is 0. The van der Waals surface area contributed by atoms with Gasteiger partial charge in [0.15, 0.2) is 6.10 Å². The van der Waals surface area contributed by atoms with E-state index in [4.69, 9.17) is 32.4 Å². The van der Waals surface area contributed by atoms with Crippen LogP contribution in [0.25, 0.3) is 11.0 Å². The van der Waals surface area contributed by atoms with E-state index in [1.54, 1.807) is 25.1 Å². The number of anilines is 1. The summed E-state index contributed by atoms with van der Waals surface area (Å²) in [5.74, 6) is -1.99. The lowest BCUT2D eigenvalue weighted by Crippen LogP contribution is -2.30. The summed E-state index contributed by atoms with van der Waals surface area (Å²) >= 11 is 12.0. The minimum atomic E-state index is -1.14. The van der Waals surface area contributed by atoms with Crippen molar-refractivity contribution < 1.29 is 23.1 Å². The summed E-state index contributed by atoms with van der Waals surface area (Å²) in [6.07, 6.45) is -1.14. The first-order valence-electron chi connectivity index (χ1n) is 7.92. The van der Waals surface area contributed by atoms with Crippen LogP contribution in [0.15, 0.2) is 40.8 Å². The monoisotopic (exact) mass is 409 g/mol. The second-order valence-corrected chi connectivity index (χ2v) is 6.64. The van der Waals surface area contributed by atoms with Crippen molar-refractivity contribution in [2.75, 3.05) is 5.32 Å². The summed E-state index contributed by atoms with van der Waals surface area (Å²) < 4.78 is 24.0. The Morgan fingerprint density at radius 3 is 2.52 bits per heavy atom. The Kier molecular flexibility index (Phi) is 5.39. The van der Waals surface area contributed by atoms with E-state index in [0.29, 0.717) is 16.5 Å². The highest BCUT2D eigenvalue weighted by atomic mass is 35.5. The van der Waals surface area contributed by atoms with E-state index in [-0.39, 0.29) is 21.5 Å². The Balaban J connectivity index is 1.76. The summed E-state index contributed by atoms with van der Waals surface area (Å²) in [6, 6.07) is 8.68. The third-order valence-corrected chi connectivity index (χ3v) is 4.58. The molecule has 8 heteroatoms. The van der Waals surface area contributed by atoms with Crippen molar-refractivity contribution in [1.29, 1.82) is 0 Å². The van der Waals surface area contributed by atoms with Crippen molar-refractivity contribution >= 4 is 51.7 Å². The van der Waals surface area contributed by atoms with Gasteiger partial charge in [0.05, 0.1) is 15.7 Å². The Morgan fingerprint density at radius 1 is 1.19 bits per heavy atom. The number of benzene rings is 2. The molecule has 0 saturated heterocycles. The van der Waals surface area contributed by atoms with Crippen LogP contribution in [0.4, 0.5) is 10.1 Å². The Labute approximate surface area is 164 Å². The largest absolute Gasteiger partial charge is 0.449 e. The molecule has 1 amide bonds. The number of amides is 1. The van der Waals surface area contributed by atoms with Crippen LogP contribution in [-0.4, -0.2) is 18.0 Å². The van der Waals surface area contributed by atoms with Crippen LogP contribution in [0.1, 0.15) is 23.0 Å². The quantitative estimate of drug-likeness (QED) is 0.587. The number of furan rings is 1. The first kappa shape index (κ1) is 19.2. The molecule has 140 valence electrons. The Bertz CT molecular complexity index is 1030. The van der Waals surface area contributed by atoms with Crippen LogP contribution in [0, 0.1) is 12.7 Å². The van der Waals surface area contributed by atoms with Gasteiger partial charge in [0.1, 0.15) is 11.4 Å². The number of para-hydroxylation sites is 1. The third kappa shape index (κ3) is 3.91. The molecule has 1 atom stereocenters. The van der Waals surface area contributed by atoms with Crippen molar-refractivity contribution in [3.63, 3.8) is 0 Å². The number of carbonyl (C=O) groups is 2. The molecule has 0 radical (unpaired) electrons. The van der Waals surface area contributed by atoms with Crippen molar-refractivity contribution in [3.05, 3.63) is 63.6 Å². The van der Waals surface area contributed by atoms with Gasteiger partial charge in [-0.15, -0.1) is 0 Å². The highest BCUT2D eigenvalue weighted by molar-refractivity contribution is 6.39. The van der Waals surface area contributed by atoms with Gasteiger partial charge in [-0.1, -0.05) is 29.3 Å². The standard InChI is InChI=1S/C19H14Cl2FNO4/c1-9-12-8-11(22)6-7-15(12)27-17(9)19(25)26-10(2)18(24)23-16-13(20)4-3-5-14(16)21/h3-8,10H,1-2H3,(H,23,24)/t10-/m1/s1. The lowest BCUT2D eigenvalue weighted by atomic mass is 10.1. The normalized spacial score (nSPS) is 12.0. The van der Waals surface area contributed by atoms with Crippen LogP contribution in [0.5, 0.6) is 0 Å². The van der Waals surface area contributed by atoms with E-state index in [1.807, 2.05) is 0 Å². The molecular weight excluding hydrogens is 396 g/mol. The Hall–Kier alpha value is -2.57. The maximum Gasteiger partial charge on any atom is 0.375 e. The van der Waals surface area contributed by atoms with Gasteiger partial charge in [-0.2, -0.15) is 0 Å². The molecule has 0 aliphatic carbocycles. The number of ether oxygens (including phenoxy) is 1. The average molecular weight is 410 g/mol. The molecular formula is C19H14Cl2FNO4. The summed E-state index contributed by atoms with van der Waals surface area (Å²) in [5, 5.41) is 3.49. The van der Waals surface area contributed by atoms with Gasteiger partial charge in [0.2, 0.25) is 5.76 Å². The maximum absolute atomic E-state index is 13.4.